The molecule has 0 aliphatic heterocycles. The lowest BCUT2D eigenvalue weighted by atomic mass is 10.2. The first-order chi connectivity index (χ1) is 8.08. The number of halogens is 1. The number of benzene rings is 1. The number of carbonyl (C=O) groups excluding carboxylic acids is 1. The molecule has 0 spiro atoms. The van der Waals surface area contributed by atoms with E-state index in [0.717, 1.165) is 0 Å². The molecule has 0 fully saturated rings. The minimum Gasteiger partial charge on any atom is -0.395 e. The fourth-order valence-electron chi connectivity index (χ4n) is 1.45. The number of hydrogen-bond donors (Lipinski definition) is 2. The maximum atomic E-state index is 11.9. The molecule has 1 aromatic carbocycles. The fraction of sp³-hybridized carbons (Fsp3) is 0.417. The number of hydrogen-bond acceptors (Lipinski definition) is 3. The summed E-state index contributed by atoms with van der Waals surface area (Å²) in [5, 5.41) is 12.5. The molecule has 0 aromatic heterocycles. The van der Waals surface area contributed by atoms with Crippen LogP contribution in [0.15, 0.2) is 24.3 Å². The van der Waals surface area contributed by atoms with Crippen molar-refractivity contribution in [1.82, 2.24) is 5.32 Å². The second-order valence-corrected chi connectivity index (χ2v) is 5.24. The monoisotopic (exact) mass is 273 g/mol. The van der Waals surface area contributed by atoms with Crippen LogP contribution in [0.3, 0.4) is 0 Å². The van der Waals surface area contributed by atoms with Gasteiger partial charge in [-0.1, -0.05) is 17.7 Å². The number of aliphatic hydroxyl groups is 1. The predicted octanol–water partition coefficient (Wildman–Crippen LogP) is 2.18. The Bertz CT molecular complexity index is 383. The smallest absolute Gasteiger partial charge is 0.251 e. The average molecular weight is 274 g/mol. The van der Waals surface area contributed by atoms with Crippen LogP contribution in [0.2, 0.25) is 5.02 Å². The summed E-state index contributed by atoms with van der Waals surface area (Å²) in [5.74, 6) is -0.174. The number of amides is 1. The third kappa shape index (κ3) is 4.22. The topological polar surface area (TPSA) is 49.3 Å². The van der Waals surface area contributed by atoms with E-state index in [9.17, 15) is 4.79 Å². The highest BCUT2D eigenvalue weighted by molar-refractivity contribution is 7.99. The number of aliphatic hydroxyl groups excluding tert-OH is 1. The van der Waals surface area contributed by atoms with Crippen molar-refractivity contribution in [3.63, 3.8) is 0 Å². The molecule has 94 valence electrons. The first-order valence-corrected chi connectivity index (χ1v) is 6.95. The Hall–Kier alpha value is -0.710. The zero-order valence-electron chi connectivity index (χ0n) is 9.81. The molecule has 1 aromatic rings. The van der Waals surface area contributed by atoms with Gasteiger partial charge in [0, 0.05) is 21.9 Å². The molecule has 0 bridgehead atoms. The Balaban J connectivity index is 2.66. The Morgan fingerprint density at radius 2 is 2.29 bits per heavy atom. The van der Waals surface area contributed by atoms with Crippen molar-refractivity contribution in [3.05, 3.63) is 34.9 Å². The lowest BCUT2D eigenvalue weighted by Crippen LogP contribution is -2.41. The molecule has 0 saturated heterocycles. The van der Waals surface area contributed by atoms with Gasteiger partial charge in [-0.05, 0) is 31.4 Å². The molecule has 1 amide bonds. The molecular formula is C12H16ClNO2S. The summed E-state index contributed by atoms with van der Waals surface area (Å²) < 4.78 is 0. The van der Waals surface area contributed by atoms with E-state index in [1.807, 2.05) is 13.2 Å². The van der Waals surface area contributed by atoms with Crippen molar-refractivity contribution in [1.29, 1.82) is 0 Å². The van der Waals surface area contributed by atoms with E-state index in [1.54, 1.807) is 24.3 Å². The van der Waals surface area contributed by atoms with Crippen LogP contribution >= 0.6 is 23.4 Å². The van der Waals surface area contributed by atoms with Crippen LogP contribution in [0.5, 0.6) is 0 Å². The second kappa shape index (κ2) is 6.89. The van der Waals surface area contributed by atoms with E-state index >= 15 is 0 Å². The lowest BCUT2D eigenvalue weighted by molar-refractivity contribution is 0.0936. The number of rotatable bonds is 5. The maximum Gasteiger partial charge on any atom is 0.251 e. The Morgan fingerprint density at radius 1 is 1.59 bits per heavy atom. The largest absolute Gasteiger partial charge is 0.395 e. The van der Waals surface area contributed by atoms with Gasteiger partial charge in [0.2, 0.25) is 0 Å². The highest BCUT2D eigenvalue weighted by Crippen LogP contribution is 2.13. The van der Waals surface area contributed by atoms with E-state index < -0.39 is 0 Å². The first-order valence-electron chi connectivity index (χ1n) is 5.28. The molecule has 5 heteroatoms. The molecule has 0 unspecified atom stereocenters. The summed E-state index contributed by atoms with van der Waals surface area (Å²) in [6.45, 7) is 1.91. The minimum atomic E-state index is -0.174. The minimum absolute atomic E-state index is 0.00173. The van der Waals surface area contributed by atoms with Gasteiger partial charge in [0.25, 0.3) is 5.91 Å². The highest BCUT2D eigenvalue weighted by Gasteiger charge is 2.18. The SMILES string of the molecule is CS[C@H](CO)[C@H](C)NC(=O)c1cccc(Cl)c1. The van der Waals surface area contributed by atoms with E-state index in [-0.39, 0.29) is 23.8 Å². The zero-order chi connectivity index (χ0) is 12.8. The maximum absolute atomic E-state index is 11.9. The van der Waals surface area contributed by atoms with Crippen molar-refractivity contribution in [2.45, 2.75) is 18.2 Å². The number of nitrogens with one attached hydrogen (secondary N) is 1. The summed E-state index contributed by atoms with van der Waals surface area (Å²) in [7, 11) is 0. The molecule has 0 radical (unpaired) electrons. The van der Waals surface area contributed by atoms with Crippen molar-refractivity contribution in [2.24, 2.45) is 0 Å². The van der Waals surface area contributed by atoms with Crippen LogP contribution in [0.25, 0.3) is 0 Å². The van der Waals surface area contributed by atoms with Gasteiger partial charge in [-0.25, -0.2) is 0 Å². The molecule has 0 saturated carbocycles. The van der Waals surface area contributed by atoms with Gasteiger partial charge in [-0.15, -0.1) is 0 Å². The van der Waals surface area contributed by atoms with Gasteiger partial charge in [-0.3, -0.25) is 4.79 Å². The first kappa shape index (κ1) is 14.4. The van der Waals surface area contributed by atoms with Crippen LogP contribution in [0, 0.1) is 0 Å². The highest BCUT2D eigenvalue weighted by atomic mass is 35.5. The summed E-state index contributed by atoms with van der Waals surface area (Å²) in [6.07, 6.45) is 1.91. The third-order valence-corrected chi connectivity index (χ3v) is 3.88. The molecule has 1 rings (SSSR count). The standard InChI is InChI=1S/C12H16ClNO2S/c1-8(11(7-15)17-2)14-12(16)9-4-3-5-10(13)6-9/h3-6,8,11,15H,7H2,1-2H3,(H,14,16)/t8-,11+/m0/s1. The molecule has 2 atom stereocenters. The van der Waals surface area contributed by atoms with Crippen LogP contribution in [-0.4, -0.2) is 35.2 Å². The van der Waals surface area contributed by atoms with E-state index in [0.29, 0.717) is 10.6 Å². The van der Waals surface area contributed by atoms with Gasteiger partial charge in [-0.2, -0.15) is 11.8 Å². The molecule has 17 heavy (non-hydrogen) atoms. The molecule has 0 aliphatic carbocycles. The summed E-state index contributed by atoms with van der Waals surface area (Å²) in [6, 6.07) is 6.69. The van der Waals surface area contributed by atoms with E-state index in [1.165, 1.54) is 11.8 Å². The molecular weight excluding hydrogens is 258 g/mol. The second-order valence-electron chi connectivity index (χ2n) is 3.73. The zero-order valence-corrected chi connectivity index (χ0v) is 11.4. The summed E-state index contributed by atoms with van der Waals surface area (Å²) >= 11 is 7.35. The lowest BCUT2D eigenvalue weighted by Gasteiger charge is -2.21. The number of carbonyl (C=O) groups is 1. The quantitative estimate of drug-likeness (QED) is 0.865. The molecule has 0 aliphatic rings. The Kier molecular flexibility index (Phi) is 5.82. The van der Waals surface area contributed by atoms with Crippen molar-refractivity contribution in [2.75, 3.05) is 12.9 Å². The van der Waals surface area contributed by atoms with E-state index in [4.69, 9.17) is 16.7 Å². The van der Waals surface area contributed by atoms with Crippen molar-refractivity contribution < 1.29 is 9.90 Å². The van der Waals surface area contributed by atoms with Crippen LogP contribution in [-0.2, 0) is 0 Å². The Morgan fingerprint density at radius 3 is 2.82 bits per heavy atom. The van der Waals surface area contributed by atoms with Gasteiger partial charge in [0.1, 0.15) is 0 Å². The summed E-state index contributed by atoms with van der Waals surface area (Å²) in [5.41, 5.74) is 0.530. The van der Waals surface area contributed by atoms with Crippen LogP contribution in [0.1, 0.15) is 17.3 Å². The normalized spacial score (nSPS) is 14.1. The Labute approximate surface area is 111 Å². The van der Waals surface area contributed by atoms with Gasteiger partial charge in [0.05, 0.1) is 6.61 Å². The fourth-order valence-corrected chi connectivity index (χ4v) is 2.27. The van der Waals surface area contributed by atoms with Gasteiger partial charge >= 0.3 is 0 Å². The van der Waals surface area contributed by atoms with E-state index in [2.05, 4.69) is 5.32 Å². The third-order valence-electron chi connectivity index (χ3n) is 2.49. The van der Waals surface area contributed by atoms with Gasteiger partial charge < -0.3 is 10.4 Å². The molecule has 0 heterocycles. The molecule has 2 N–H and O–H groups in total. The van der Waals surface area contributed by atoms with Crippen molar-refractivity contribution in [3.8, 4) is 0 Å². The molecule has 3 nitrogen and oxygen atoms in total. The number of thioether (sulfide) groups is 1. The van der Waals surface area contributed by atoms with Crippen LogP contribution in [0.4, 0.5) is 0 Å². The summed E-state index contributed by atoms with van der Waals surface area (Å²) in [4.78, 5) is 11.9. The average Bonchev–Trinajstić information content (AvgIpc) is 2.30. The van der Waals surface area contributed by atoms with Crippen molar-refractivity contribution >= 4 is 29.3 Å². The van der Waals surface area contributed by atoms with Crippen LogP contribution < -0.4 is 5.32 Å². The predicted molar refractivity (Wildman–Crippen MR) is 72.8 cm³/mol. The van der Waals surface area contributed by atoms with Gasteiger partial charge in [0.15, 0.2) is 0 Å².